The van der Waals surface area contributed by atoms with Crippen LogP contribution in [-0.2, 0) is 33.4 Å². The molecule has 13 nitrogen and oxygen atoms in total. The predicted molar refractivity (Wildman–Crippen MR) is 147 cm³/mol. The van der Waals surface area contributed by atoms with Crippen molar-refractivity contribution >= 4 is 35.6 Å². The molecule has 0 aliphatic carbocycles. The molecule has 2 N–H and O–H groups in total. The molecule has 1 unspecified atom stereocenters. The lowest BCUT2D eigenvalue weighted by Crippen LogP contribution is -2.58. The molecule has 0 radical (unpaired) electrons. The zero-order valence-corrected chi connectivity index (χ0v) is 24.6. The molecule has 6 amide bonds. The van der Waals surface area contributed by atoms with Gasteiger partial charge in [0, 0.05) is 38.2 Å². The van der Waals surface area contributed by atoms with Crippen LogP contribution in [0.15, 0.2) is 24.3 Å². The largest absolute Gasteiger partial charge is 0.444 e. The molecule has 2 saturated heterocycles. The lowest BCUT2D eigenvalue weighted by atomic mass is 10.0. The molecule has 13 heteroatoms. The number of ether oxygens (including phenoxy) is 2. The maximum Gasteiger partial charge on any atom is 0.410 e. The number of likely N-dealkylation sites (tertiary alicyclic amines) is 1. The highest BCUT2D eigenvalue weighted by atomic mass is 16.6. The van der Waals surface area contributed by atoms with Crippen LogP contribution in [0.1, 0.15) is 54.4 Å². The summed E-state index contributed by atoms with van der Waals surface area (Å²) >= 11 is 0. The summed E-state index contributed by atoms with van der Waals surface area (Å²) in [5.41, 5.74) is 0.120. The van der Waals surface area contributed by atoms with Gasteiger partial charge in [-0.3, -0.25) is 33.8 Å². The summed E-state index contributed by atoms with van der Waals surface area (Å²) < 4.78 is 11.4. The average molecular weight is 576 g/mol. The van der Waals surface area contributed by atoms with Crippen molar-refractivity contribution in [3.8, 4) is 0 Å². The van der Waals surface area contributed by atoms with E-state index in [-0.39, 0.29) is 32.0 Å². The summed E-state index contributed by atoms with van der Waals surface area (Å²) in [6.45, 7) is 15.1. The summed E-state index contributed by atoms with van der Waals surface area (Å²) in [5, 5.41) is 5.33. The third-order valence-electron chi connectivity index (χ3n) is 6.92. The molecule has 0 bridgehead atoms. The number of nitrogens with zero attached hydrogens (tertiary/aromatic N) is 3. The fraction of sp³-hybridized carbons (Fsp3) is 0.643. The van der Waals surface area contributed by atoms with Crippen molar-refractivity contribution in [2.24, 2.45) is 5.92 Å². The molecular weight excluding hydrogens is 534 g/mol. The van der Waals surface area contributed by atoms with Gasteiger partial charge in [0.1, 0.15) is 17.7 Å². The van der Waals surface area contributed by atoms with E-state index >= 15 is 0 Å². The van der Waals surface area contributed by atoms with E-state index in [2.05, 4.69) is 17.2 Å². The van der Waals surface area contributed by atoms with Gasteiger partial charge in [-0.25, -0.2) is 4.79 Å². The van der Waals surface area contributed by atoms with Crippen molar-refractivity contribution in [3.63, 3.8) is 0 Å². The zero-order chi connectivity index (χ0) is 30.6. The molecule has 41 heavy (non-hydrogen) atoms. The molecule has 0 aromatic heterocycles. The number of carbonyl (C=O) groups is 6. The number of carbonyl (C=O) groups excluding carboxylic acids is 6. The first kappa shape index (κ1) is 31.8. The Balaban J connectivity index is 1.61. The second-order valence-electron chi connectivity index (χ2n) is 11.9. The van der Waals surface area contributed by atoms with Crippen LogP contribution >= 0.6 is 0 Å². The van der Waals surface area contributed by atoms with E-state index in [1.54, 1.807) is 41.5 Å². The van der Waals surface area contributed by atoms with Gasteiger partial charge in [-0.05, 0) is 40.0 Å². The Kier molecular flexibility index (Phi) is 9.95. The van der Waals surface area contributed by atoms with Gasteiger partial charge < -0.3 is 25.0 Å². The first-order valence-corrected chi connectivity index (χ1v) is 13.8. The Bertz CT molecular complexity index is 1110. The topological polar surface area (TPSA) is 155 Å². The van der Waals surface area contributed by atoms with E-state index in [4.69, 9.17) is 9.47 Å². The first-order chi connectivity index (χ1) is 19.1. The van der Waals surface area contributed by atoms with Crippen LogP contribution in [0.2, 0.25) is 0 Å². The quantitative estimate of drug-likeness (QED) is 0.301. The summed E-state index contributed by atoms with van der Waals surface area (Å²) in [5.74, 6) is -2.75. The molecule has 0 aromatic carbocycles. The summed E-state index contributed by atoms with van der Waals surface area (Å²) in [7, 11) is 0. The molecule has 226 valence electrons. The maximum atomic E-state index is 13.5. The molecule has 3 aliphatic rings. The molecule has 2 fully saturated rings. The van der Waals surface area contributed by atoms with Crippen LogP contribution in [0.5, 0.6) is 0 Å². The maximum absolute atomic E-state index is 13.5. The number of hydrogen-bond donors (Lipinski definition) is 2. The average Bonchev–Trinajstić information content (AvgIpc) is 3.58. The highest BCUT2D eigenvalue weighted by molar-refractivity contribution is 6.13. The monoisotopic (exact) mass is 575 g/mol. The van der Waals surface area contributed by atoms with Gasteiger partial charge in [0.05, 0.1) is 12.6 Å². The third kappa shape index (κ3) is 7.93. The Hall–Kier alpha value is -3.74. The highest BCUT2D eigenvalue weighted by Crippen LogP contribution is 2.31. The van der Waals surface area contributed by atoms with Crippen LogP contribution in [0.3, 0.4) is 0 Å². The Morgan fingerprint density at radius 3 is 2.29 bits per heavy atom. The van der Waals surface area contributed by atoms with E-state index in [9.17, 15) is 28.8 Å². The van der Waals surface area contributed by atoms with Gasteiger partial charge >= 0.3 is 6.09 Å². The fourth-order valence-electron chi connectivity index (χ4n) is 4.91. The fourth-order valence-corrected chi connectivity index (χ4v) is 4.91. The van der Waals surface area contributed by atoms with Gasteiger partial charge in [0.2, 0.25) is 17.7 Å². The van der Waals surface area contributed by atoms with E-state index in [0.29, 0.717) is 13.0 Å². The third-order valence-corrected chi connectivity index (χ3v) is 6.92. The standard InChI is InChI=1S/C28H41N5O8/c1-16(2)23(30-20(34)10-11-31-21(35)8-9-22(31)36)24(37)29-18(4)25(38)32-12-13-40-26(32)19-14-17(3)15-33(19)27(39)41-28(5,6)7/h8-9,16,18-19,23,26H,3,10-15H2,1-2,4-7H3,(H,29,37)(H,30,34)/t18-,19-,23-,26?/m0/s1. The summed E-state index contributed by atoms with van der Waals surface area (Å²) in [6, 6.07) is -2.39. The number of amides is 6. The van der Waals surface area contributed by atoms with Gasteiger partial charge in [-0.15, -0.1) is 0 Å². The van der Waals surface area contributed by atoms with Gasteiger partial charge in [0.25, 0.3) is 11.8 Å². The molecule has 0 spiro atoms. The van der Waals surface area contributed by atoms with Crippen LogP contribution in [-0.4, -0.2) is 107 Å². The molecule has 4 atom stereocenters. The molecule has 3 aliphatic heterocycles. The van der Waals surface area contributed by atoms with Crippen molar-refractivity contribution in [3.05, 3.63) is 24.3 Å². The van der Waals surface area contributed by atoms with E-state index in [0.717, 1.165) is 22.6 Å². The lowest BCUT2D eigenvalue weighted by molar-refractivity contribution is -0.143. The molecule has 3 rings (SSSR count). The minimum atomic E-state index is -0.952. The Morgan fingerprint density at radius 2 is 1.71 bits per heavy atom. The van der Waals surface area contributed by atoms with E-state index in [1.807, 2.05) is 0 Å². The molecular formula is C28H41N5O8. The Morgan fingerprint density at radius 1 is 1.07 bits per heavy atom. The van der Waals surface area contributed by atoms with Crippen molar-refractivity contribution in [2.45, 2.75) is 84.3 Å². The predicted octanol–water partition coefficient (Wildman–Crippen LogP) is 0.698. The summed E-state index contributed by atoms with van der Waals surface area (Å²) in [6.07, 6.45) is 1.29. The number of hydrogen-bond acceptors (Lipinski definition) is 8. The van der Waals surface area contributed by atoms with Crippen LogP contribution in [0, 0.1) is 5.92 Å². The minimum absolute atomic E-state index is 0.109. The number of nitrogens with one attached hydrogen (secondary N) is 2. The molecule has 0 aromatic rings. The van der Waals surface area contributed by atoms with Gasteiger partial charge in [-0.1, -0.05) is 26.0 Å². The number of imide groups is 1. The van der Waals surface area contributed by atoms with Crippen LogP contribution < -0.4 is 10.6 Å². The second kappa shape index (κ2) is 12.8. The molecule has 0 saturated carbocycles. The normalized spacial score (nSPS) is 22.4. The van der Waals surface area contributed by atoms with Crippen molar-refractivity contribution in [2.75, 3.05) is 26.2 Å². The van der Waals surface area contributed by atoms with Crippen molar-refractivity contribution in [1.29, 1.82) is 0 Å². The van der Waals surface area contributed by atoms with Crippen molar-refractivity contribution < 1.29 is 38.2 Å². The molecule has 3 heterocycles. The van der Waals surface area contributed by atoms with Crippen LogP contribution in [0.25, 0.3) is 0 Å². The highest BCUT2D eigenvalue weighted by Gasteiger charge is 2.46. The second-order valence-corrected chi connectivity index (χ2v) is 11.9. The SMILES string of the molecule is C=C1C[C@@H](C2OCCN2C(=O)[C@H](C)NC(=O)[C@@H](NC(=O)CCN2C(=O)C=CC2=O)C(C)C)N(C(=O)OC(C)(C)C)C1. The first-order valence-electron chi connectivity index (χ1n) is 13.8. The zero-order valence-electron chi connectivity index (χ0n) is 24.6. The summed E-state index contributed by atoms with van der Waals surface area (Å²) in [4.78, 5) is 79.4. The smallest absolute Gasteiger partial charge is 0.410 e. The van der Waals surface area contributed by atoms with Crippen LogP contribution in [0.4, 0.5) is 4.79 Å². The Labute approximate surface area is 240 Å². The van der Waals surface area contributed by atoms with Crippen molar-refractivity contribution in [1.82, 2.24) is 25.3 Å². The van der Waals surface area contributed by atoms with E-state index in [1.165, 1.54) is 9.80 Å². The minimum Gasteiger partial charge on any atom is -0.444 e. The lowest BCUT2D eigenvalue weighted by Gasteiger charge is -2.35. The van der Waals surface area contributed by atoms with Gasteiger partial charge in [0.15, 0.2) is 6.23 Å². The van der Waals surface area contributed by atoms with Gasteiger partial charge in [-0.2, -0.15) is 0 Å². The van der Waals surface area contributed by atoms with E-state index < -0.39 is 65.6 Å². The number of rotatable bonds is 9.